The molecule has 0 aliphatic heterocycles. The Labute approximate surface area is 181 Å². The van der Waals surface area contributed by atoms with E-state index in [1.54, 1.807) is 5.38 Å². The second-order valence-corrected chi connectivity index (χ2v) is 8.97. The average molecular weight is 423 g/mol. The SMILES string of the molecule is Cc1cc(C)cc(N(C(=O)c2csnn2)[C@H](C(=O)NC(C)(C)C)c2ccccc2)c1. The molecule has 0 saturated carbocycles. The van der Waals surface area contributed by atoms with Gasteiger partial charge < -0.3 is 5.32 Å². The summed E-state index contributed by atoms with van der Waals surface area (Å²) in [6, 6.07) is 14.3. The van der Waals surface area contributed by atoms with Crippen molar-refractivity contribution in [2.75, 3.05) is 4.90 Å². The predicted octanol–water partition coefficient (Wildman–Crippen LogP) is 4.46. The highest BCUT2D eigenvalue weighted by Gasteiger charge is 2.35. The summed E-state index contributed by atoms with van der Waals surface area (Å²) in [5.41, 5.74) is 3.12. The van der Waals surface area contributed by atoms with Gasteiger partial charge in [0.05, 0.1) is 0 Å². The Morgan fingerprint density at radius 3 is 2.20 bits per heavy atom. The van der Waals surface area contributed by atoms with Crippen molar-refractivity contribution in [1.29, 1.82) is 0 Å². The first-order valence-corrected chi connectivity index (χ1v) is 10.6. The molecular weight excluding hydrogens is 396 g/mol. The molecule has 0 saturated heterocycles. The van der Waals surface area contributed by atoms with E-state index in [2.05, 4.69) is 14.9 Å². The van der Waals surface area contributed by atoms with Gasteiger partial charge in [-0.15, -0.1) is 5.10 Å². The number of carbonyl (C=O) groups is 2. The van der Waals surface area contributed by atoms with Gasteiger partial charge >= 0.3 is 0 Å². The lowest BCUT2D eigenvalue weighted by molar-refractivity contribution is -0.123. The van der Waals surface area contributed by atoms with Crippen molar-refractivity contribution in [1.82, 2.24) is 14.9 Å². The fourth-order valence-electron chi connectivity index (χ4n) is 3.35. The topological polar surface area (TPSA) is 75.2 Å². The van der Waals surface area contributed by atoms with Crippen LogP contribution in [0.25, 0.3) is 0 Å². The molecule has 2 aromatic carbocycles. The van der Waals surface area contributed by atoms with Crippen LogP contribution in [0.5, 0.6) is 0 Å². The third kappa shape index (κ3) is 5.10. The fraction of sp³-hybridized carbons (Fsp3) is 0.304. The van der Waals surface area contributed by atoms with Gasteiger partial charge in [-0.1, -0.05) is 40.9 Å². The Bertz CT molecular complexity index is 1010. The van der Waals surface area contributed by atoms with Gasteiger partial charge in [0, 0.05) is 16.6 Å². The molecule has 3 aromatic rings. The van der Waals surface area contributed by atoms with E-state index in [0.717, 1.165) is 28.2 Å². The number of hydrogen-bond acceptors (Lipinski definition) is 5. The van der Waals surface area contributed by atoms with E-state index in [-0.39, 0.29) is 17.5 Å². The number of aromatic nitrogens is 2. The van der Waals surface area contributed by atoms with Gasteiger partial charge in [-0.3, -0.25) is 14.5 Å². The lowest BCUT2D eigenvalue weighted by Crippen LogP contribution is -2.49. The number of nitrogens with one attached hydrogen (secondary N) is 1. The zero-order chi connectivity index (χ0) is 21.9. The summed E-state index contributed by atoms with van der Waals surface area (Å²) in [5, 5.41) is 8.59. The van der Waals surface area contributed by atoms with E-state index < -0.39 is 11.6 Å². The maximum atomic E-state index is 13.6. The minimum atomic E-state index is -0.860. The first kappa shape index (κ1) is 21.6. The van der Waals surface area contributed by atoms with Crippen molar-refractivity contribution in [2.45, 2.75) is 46.2 Å². The molecule has 0 aliphatic rings. The van der Waals surface area contributed by atoms with Crippen LogP contribution in [0, 0.1) is 13.8 Å². The van der Waals surface area contributed by atoms with Crippen molar-refractivity contribution < 1.29 is 9.59 Å². The zero-order valence-corrected chi connectivity index (χ0v) is 18.7. The Hall–Kier alpha value is -3.06. The molecule has 1 N–H and O–H groups in total. The summed E-state index contributed by atoms with van der Waals surface area (Å²) >= 11 is 1.10. The molecule has 156 valence electrons. The van der Waals surface area contributed by atoms with Gasteiger partial charge in [0.2, 0.25) is 5.91 Å². The molecule has 30 heavy (non-hydrogen) atoms. The van der Waals surface area contributed by atoms with Crippen molar-refractivity contribution in [3.8, 4) is 0 Å². The van der Waals surface area contributed by atoms with Gasteiger partial charge in [0.25, 0.3) is 5.91 Å². The lowest BCUT2D eigenvalue weighted by atomic mass is 9.99. The molecule has 3 rings (SSSR count). The average Bonchev–Trinajstić information content (AvgIpc) is 3.18. The summed E-state index contributed by atoms with van der Waals surface area (Å²) in [6.45, 7) is 9.69. The molecular formula is C23H26N4O2S. The van der Waals surface area contributed by atoms with Crippen LogP contribution in [0.1, 0.15) is 54.0 Å². The highest BCUT2D eigenvalue weighted by atomic mass is 32.1. The Kier molecular flexibility index (Phi) is 6.31. The first-order chi connectivity index (χ1) is 14.2. The van der Waals surface area contributed by atoms with Crippen molar-refractivity contribution >= 4 is 29.0 Å². The quantitative estimate of drug-likeness (QED) is 0.659. The maximum Gasteiger partial charge on any atom is 0.280 e. The number of nitrogens with zero attached hydrogens (tertiary/aromatic N) is 3. The predicted molar refractivity (Wildman–Crippen MR) is 120 cm³/mol. The number of rotatable bonds is 5. The van der Waals surface area contributed by atoms with E-state index in [1.807, 2.05) is 83.1 Å². The van der Waals surface area contributed by atoms with Crippen LogP contribution < -0.4 is 10.2 Å². The monoisotopic (exact) mass is 422 g/mol. The molecule has 0 aliphatic carbocycles. The molecule has 0 unspecified atom stereocenters. The molecule has 1 atom stereocenters. The maximum absolute atomic E-state index is 13.6. The van der Waals surface area contributed by atoms with Crippen LogP contribution >= 0.6 is 11.5 Å². The number of hydrogen-bond donors (Lipinski definition) is 1. The Morgan fingerprint density at radius 2 is 1.67 bits per heavy atom. The number of anilines is 1. The van der Waals surface area contributed by atoms with Crippen LogP contribution in [0.4, 0.5) is 5.69 Å². The van der Waals surface area contributed by atoms with Gasteiger partial charge in [-0.2, -0.15) is 0 Å². The van der Waals surface area contributed by atoms with Crippen LogP contribution in [0.2, 0.25) is 0 Å². The minimum absolute atomic E-state index is 0.212. The first-order valence-electron chi connectivity index (χ1n) is 9.71. The normalized spacial score (nSPS) is 12.3. The van der Waals surface area contributed by atoms with Crippen LogP contribution in [0.15, 0.2) is 53.9 Å². The summed E-state index contributed by atoms with van der Waals surface area (Å²) in [6.07, 6.45) is 0. The van der Waals surface area contributed by atoms with Crippen LogP contribution in [-0.4, -0.2) is 26.9 Å². The van der Waals surface area contributed by atoms with Crippen LogP contribution in [0.3, 0.4) is 0 Å². The standard InChI is InChI=1S/C23H26N4O2S/c1-15-11-16(2)13-18(12-15)27(22(29)19-14-30-26-25-19)20(17-9-7-6-8-10-17)21(28)24-23(3,4)5/h6-14,20H,1-5H3,(H,24,28)/t20-/m0/s1. The molecule has 6 nitrogen and oxygen atoms in total. The summed E-state index contributed by atoms with van der Waals surface area (Å²) in [4.78, 5) is 28.6. The fourth-order valence-corrected chi connectivity index (χ4v) is 3.78. The smallest absolute Gasteiger partial charge is 0.280 e. The second-order valence-electron chi connectivity index (χ2n) is 8.36. The van der Waals surface area contributed by atoms with Crippen molar-refractivity contribution in [2.24, 2.45) is 0 Å². The van der Waals surface area contributed by atoms with Gasteiger partial charge in [-0.05, 0) is 75.0 Å². The molecule has 2 amide bonds. The largest absolute Gasteiger partial charge is 0.349 e. The number of aryl methyl sites for hydroxylation is 2. The van der Waals surface area contributed by atoms with Crippen molar-refractivity contribution in [3.63, 3.8) is 0 Å². The van der Waals surface area contributed by atoms with Crippen molar-refractivity contribution in [3.05, 3.63) is 76.3 Å². The van der Waals surface area contributed by atoms with Gasteiger partial charge in [0.15, 0.2) is 5.69 Å². The molecule has 1 aromatic heterocycles. The Morgan fingerprint density at radius 1 is 1.03 bits per heavy atom. The molecule has 1 heterocycles. The highest BCUT2D eigenvalue weighted by molar-refractivity contribution is 7.03. The van der Waals surface area contributed by atoms with Gasteiger partial charge in [0.1, 0.15) is 6.04 Å². The molecule has 0 spiro atoms. The second kappa shape index (κ2) is 8.75. The van der Waals surface area contributed by atoms with E-state index >= 15 is 0 Å². The van der Waals surface area contributed by atoms with E-state index in [9.17, 15) is 9.59 Å². The minimum Gasteiger partial charge on any atom is -0.349 e. The summed E-state index contributed by atoms with van der Waals surface area (Å²) < 4.78 is 3.83. The number of benzene rings is 2. The summed E-state index contributed by atoms with van der Waals surface area (Å²) in [7, 11) is 0. The highest BCUT2D eigenvalue weighted by Crippen LogP contribution is 2.31. The molecule has 7 heteroatoms. The third-order valence-electron chi connectivity index (χ3n) is 4.40. The zero-order valence-electron chi connectivity index (χ0n) is 17.8. The van der Waals surface area contributed by atoms with E-state index in [0.29, 0.717) is 5.69 Å². The lowest BCUT2D eigenvalue weighted by Gasteiger charge is -2.33. The molecule has 0 fully saturated rings. The number of carbonyl (C=O) groups excluding carboxylic acids is 2. The molecule has 0 bridgehead atoms. The van der Waals surface area contributed by atoms with Crippen LogP contribution in [-0.2, 0) is 4.79 Å². The third-order valence-corrected chi connectivity index (χ3v) is 4.91. The number of amides is 2. The summed E-state index contributed by atoms with van der Waals surface area (Å²) in [5.74, 6) is -0.629. The molecule has 0 radical (unpaired) electrons. The van der Waals surface area contributed by atoms with E-state index in [4.69, 9.17) is 0 Å². The van der Waals surface area contributed by atoms with E-state index in [1.165, 1.54) is 4.90 Å². The Balaban J connectivity index is 2.20. The van der Waals surface area contributed by atoms with Gasteiger partial charge in [-0.25, -0.2) is 0 Å².